The monoisotopic (exact) mass is 321 g/mol. The number of ether oxygens (including phenoxy) is 1. The number of nitrogens with one attached hydrogen (secondary N) is 1. The Labute approximate surface area is 132 Å². The highest BCUT2D eigenvalue weighted by Crippen LogP contribution is 2.26. The fourth-order valence-corrected chi connectivity index (χ4v) is 2.18. The van der Waals surface area contributed by atoms with E-state index in [0.717, 1.165) is 0 Å². The van der Waals surface area contributed by atoms with Gasteiger partial charge in [-0.2, -0.15) is 0 Å². The summed E-state index contributed by atoms with van der Waals surface area (Å²) in [5, 5.41) is 13.4. The second-order valence-corrected chi connectivity index (χ2v) is 4.96. The summed E-state index contributed by atoms with van der Waals surface area (Å²) in [5.41, 5.74) is 6.03. The van der Waals surface area contributed by atoms with Crippen molar-refractivity contribution < 1.29 is 14.6 Å². The summed E-state index contributed by atoms with van der Waals surface area (Å²) in [7, 11) is 1.54. The van der Waals surface area contributed by atoms with E-state index in [2.05, 4.69) is 10.3 Å². The highest BCUT2D eigenvalue weighted by Gasteiger charge is 2.14. The van der Waals surface area contributed by atoms with Gasteiger partial charge in [0.15, 0.2) is 0 Å². The number of rotatable bonds is 6. The Bertz CT molecular complexity index is 679. The fraction of sp³-hybridized carbons (Fsp3) is 0.200. The highest BCUT2D eigenvalue weighted by molar-refractivity contribution is 6.33. The van der Waals surface area contributed by atoms with E-state index in [-0.39, 0.29) is 17.1 Å². The van der Waals surface area contributed by atoms with Crippen molar-refractivity contribution in [2.75, 3.05) is 19.0 Å². The zero-order valence-electron chi connectivity index (χ0n) is 11.9. The number of aliphatic hydroxyl groups excluding tert-OH is 1. The number of primary amides is 1. The Morgan fingerprint density at radius 2 is 2.23 bits per heavy atom. The number of pyridine rings is 1. The third-order valence-corrected chi connectivity index (χ3v) is 3.37. The standard InChI is InChI=1S/C15H16ClN3O3/c1-22-13-5-3-2-4-10(13)12(20)8-19-15-11(16)6-9(7-18-15)14(17)21/h2-7,12,20H,8H2,1H3,(H2,17,21)(H,18,19)/t12-/m0/s1. The molecule has 0 fully saturated rings. The van der Waals surface area contributed by atoms with Crippen LogP contribution in [-0.4, -0.2) is 29.7 Å². The third kappa shape index (κ3) is 3.66. The van der Waals surface area contributed by atoms with Gasteiger partial charge in [-0.25, -0.2) is 4.98 Å². The normalized spacial score (nSPS) is 11.8. The fourth-order valence-electron chi connectivity index (χ4n) is 1.95. The number of aliphatic hydroxyl groups is 1. The van der Waals surface area contributed by atoms with Gasteiger partial charge < -0.3 is 20.9 Å². The van der Waals surface area contributed by atoms with Gasteiger partial charge in [-0.15, -0.1) is 0 Å². The van der Waals surface area contributed by atoms with E-state index in [1.807, 2.05) is 12.1 Å². The van der Waals surface area contributed by atoms with Crippen molar-refractivity contribution in [3.05, 3.63) is 52.7 Å². The van der Waals surface area contributed by atoms with Crippen LogP contribution in [0.1, 0.15) is 22.0 Å². The molecule has 2 aromatic rings. The van der Waals surface area contributed by atoms with Crippen LogP contribution in [0.15, 0.2) is 36.5 Å². The second kappa shape index (κ2) is 7.11. The second-order valence-electron chi connectivity index (χ2n) is 4.56. The number of methoxy groups -OCH3 is 1. The van der Waals surface area contributed by atoms with Gasteiger partial charge in [-0.3, -0.25) is 4.79 Å². The topological polar surface area (TPSA) is 97.5 Å². The van der Waals surface area contributed by atoms with Gasteiger partial charge in [0.2, 0.25) is 5.91 Å². The minimum Gasteiger partial charge on any atom is -0.496 e. The first-order valence-corrected chi connectivity index (χ1v) is 6.91. The molecular weight excluding hydrogens is 306 g/mol. The lowest BCUT2D eigenvalue weighted by Gasteiger charge is -2.16. The van der Waals surface area contributed by atoms with Crippen LogP contribution in [0.5, 0.6) is 5.75 Å². The van der Waals surface area contributed by atoms with E-state index >= 15 is 0 Å². The third-order valence-electron chi connectivity index (χ3n) is 3.09. The Balaban J connectivity index is 2.08. The van der Waals surface area contributed by atoms with Crippen LogP contribution in [0, 0.1) is 0 Å². The molecule has 0 aliphatic carbocycles. The Morgan fingerprint density at radius 3 is 2.86 bits per heavy atom. The van der Waals surface area contributed by atoms with E-state index in [1.54, 1.807) is 19.2 Å². The first kappa shape index (κ1) is 16.1. The number of amides is 1. The molecule has 4 N–H and O–H groups in total. The molecule has 0 spiro atoms. The minimum atomic E-state index is -0.801. The van der Waals surface area contributed by atoms with Crippen molar-refractivity contribution >= 4 is 23.3 Å². The summed E-state index contributed by atoms with van der Waals surface area (Å²) < 4.78 is 5.20. The molecule has 0 aliphatic heterocycles. The molecule has 116 valence electrons. The number of carbonyl (C=O) groups is 1. The first-order valence-electron chi connectivity index (χ1n) is 6.53. The predicted octanol–water partition coefficient (Wildman–Crippen LogP) is 1.99. The summed E-state index contributed by atoms with van der Waals surface area (Å²) in [5.74, 6) is 0.357. The number of halogens is 1. The van der Waals surface area contributed by atoms with Crippen molar-refractivity contribution in [1.29, 1.82) is 0 Å². The Kier molecular flexibility index (Phi) is 5.19. The highest BCUT2D eigenvalue weighted by atomic mass is 35.5. The molecule has 7 heteroatoms. The average Bonchev–Trinajstić information content (AvgIpc) is 2.53. The van der Waals surface area contributed by atoms with Gasteiger partial charge >= 0.3 is 0 Å². The minimum absolute atomic E-state index is 0.184. The van der Waals surface area contributed by atoms with Crippen LogP contribution in [0.25, 0.3) is 0 Å². The van der Waals surface area contributed by atoms with Gasteiger partial charge in [-0.1, -0.05) is 29.8 Å². The van der Waals surface area contributed by atoms with Crippen LogP contribution >= 0.6 is 11.6 Å². The zero-order valence-corrected chi connectivity index (χ0v) is 12.7. The van der Waals surface area contributed by atoms with Crippen molar-refractivity contribution in [1.82, 2.24) is 4.98 Å². The van der Waals surface area contributed by atoms with Gasteiger partial charge in [0.1, 0.15) is 11.6 Å². The zero-order chi connectivity index (χ0) is 16.1. The molecule has 0 bridgehead atoms. The number of anilines is 1. The SMILES string of the molecule is COc1ccccc1[C@@H](O)CNc1ncc(C(N)=O)cc1Cl. The maximum atomic E-state index is 11.0. The Hall–Kier alpha value is -2.31. The maximum Gasteiger partial charge on any atom is 0.250 e. The summed E-state index contributed by atoms with van der Waals surface area (Å²) >= 11 is 6.02. The van der Waals surface area contributed by atoms with Crippen molar-refractivity contribution in [3.8, 4) is 5.75 Å². The van der Waals surface area contributed by atoms with E-state index in [9.17, 15) is 9.90 Å². The molecule has 0 saturated carbocycles. The van der Waals surface area contributed by atoms with Gasteiger partial charge in [0.05, 0.1) is 23.8 Å². The molecule has 1 aromatic carbocycles. The summed E-state index contributed by atoms with van der Waals surface area (Å²) in [6, 6.07) is 8.61. The molecule has 0 radical (unpaired) electrons. The average molecular weight is 322 g/mol. The number of carbonyl (C=O) groups excluding carboxylic acids is 1. The number of benzene rings is 1. The van der Waals surface area contributed by atoms with Crippen molar-refractivity contribution in [3.63, 3.8) is 0 Å². The molecule has 1 aromatic heterocycles. The number of nitrogens with zero attached hydrogens (tertiary/aromatic N) is 1. The lowest BCUT2D eigenvalue weighted by molar-refractivity contribution is 0.1000. The lowest BCUT2D eigenvalue weighted by Crippen LogP contribution is -2.15. The van der Waals surface area contributed by atoms with Crippen LogP contribution in [0.2, 0.25) is 5.02 Å². The largest absolute Gasteiger partial charge is 0.496 e. The van der Waals surface area contributed by atoms with Crippen molar-refractivity contribution in [2.24, 2.45) is 5.73 Å². The van der Waals surface area contributed by atoms with Crippen LogP contribution in [0.3, 0.4) is 0 Å². The molecule has 0 aliphatic rings. The van der Waals surface area contributed by atoms with Crippen LogP contribution < -0.4 is 15.8 Å². The summed E-state index contributed by atoms with van der Waals surface area (Å²) in [6.45, 7) is 0.184. The number of para-hydroxylation sites is 1. The molecule has 1 atom stereocenters. The number of nitrogens with two attached hydrogens (primary N) is 1. The van der Waals surface area contributed by atoms with Gasteiger partial charge in [0.25, 0.3) is 0 Å². The van der Waals surface area contributed by atoms with E-state index < -0.39 is 12.0 Å². The maximum absolute atomic E-state index is 11.0. The van der Waals surface area contributed by atoms with Gasteiger partial charge in [0, 0.05) is 18.3 Å². The first-order chi connectivity index (χ1) is 10.5. The molecule has 1 amide bonds. The number of hydrogen-bond donors (Lipinski definition) is 3. The molecule has 22 heavy (non-hydrogen) atoms. The summed E-state index contributed by atoms with van der Waals surface area (Å²) in [6.07, 6.45) is 0.524. The van der Waals surface area contributed by atoms with Crippen LogP contribution in [0.4, 0.5) is 5.82 Å². The number of hydrogen-bond acceptors (Lipinski definition) is 5. The molecule has 2 rings (SSSR count). The number of aromatic nitrogens is 1. The van der Waals surface area contributed by atoms with E-state index in [0.29, 0.717) is 17.1 Å². The lowest BCUT2D eigenvalue weighted by atomic mass is 10.1. The quantitative estimate of drug-likeness (QED) is 0.756. The van der Waals surface area contributed by atoms with E-state index in [1.165, 1.54) is 12.3 Å². The van der Waals surface area contributed by atoms with Crippen molar-refractivity contribution in [2.45, 2.75) is 6.10 Å². The smallest absolute Gasteiger partial charge is 0.250 e. The molecule has 0 saturated heterocycles. The van der Waals surface area contributed by atoms with Gasteiger partial charge in [-0.05, 0) is 12.1 Å². The molecular formula is C15H16ClN3O3. The Morgan fingerprint density at radius 1 is 1.50 bits per heavy atom. The molecule has 6 nitrogen and oxygen atoms in total. The molecule has 0 unspecified atom stereocenters. The van der Waals surface area contributed by atoms with E-state index in [4.69, 9.17) is 22.1 Å². The molecule has 1 heterocycles. The van der Waals surface area contributed by atoms with Crippen LogP contribution in [-0.2, 0) is 0 Å². The predicted molar refractivity (Wildman–Crippen MR) is 84.2 cm³/mol. The summed E-state index contributed by atoms with van der Waals surface area (Å²) in [4.78, 5) is 15.1.